The molecule has 1 N–H and O–H groups in total. The minimum absolute atomic E-state index is 0.0928. The summed E-state index contributed by atoms with van der Waals surface area (Å²) in [5.41, 5.74) is 2.47. The average Bonchev–Trinajstić information content (AvgIpc) is 2.68. The van der Waals surface area contributed by atoms with E-state index in [4.69, 9.17) is 0 Å². The maximum absolute atomic E-state index is 12.5. The third-order valence-electron chi connectivity index (χ3n) is 5.04. The molecule has 1 aromatic carbocycles. The lowest BCUT2D eigenvalue weighted by molar-refractivity contribution is -0.132. The Balaban J connectivity index is 1.70. The molecule has 27 heavy (non-hydrogen) atoms. The number of likely N-dealkylation sites (N-methyl/N-ethyl adjacent to an activating group) is 1. The van der Waals surface area contributed by atoms with E-state index < -0.39 is 0 Å². The molecule has 150 valence electrons. The Hall–Kier alpha value is -1.92. The highest BCUT2D eigenvalue weighted by molar-refractivity contribution is 5.78. The van der Waals surface area contributed by atoms with Gasteiger partial charge in [0.05, 0.1) is 13.1 Å². The van der Waals surface area contributed by atoms with Crippen molar-refractivity contribution in [3.8, 4) is 0 Å². The van der Waals surface area contributed by atoms with Gasteiger partial charge in [0.25, 0.3) is 0 Å². The molecule has 0 bridgehead atoms. The van der Waals surface area contributed by atoms with Crippen molar-refractivity contribution in [2.75, 3.05) is 52.9 Å². The molecule has 0 radical (unpaired) electrons. The lowest BCUT2D eigenvalue weighted by Crippen LogP contribution is -2.51. The lowest BCUT2D eigenvalue weighted by Gasteiger charge is -2.34. The summed E-state index contributed by atoms with van der Waals surface area (Å²) in [5.74, 6) is 0.235. The smallest absolute Gasteiger partial charge is 0.236 e. The highest BCUT2D eigenvalue weighted by Crippen LogP contribution is 2.08. The summed E-state index contributed by atoms with van der Waals surface area (Å²) in [6.45, 7) is 9.77. The van der Waals surface area contributed by atoms with Gasteiger partial charge in [-0.1, -0.05) is 38.1 Å². The number of carbonyl (C=O) groups excluding carboxylic acids is 2. The quantitative estimate of drug-likeness (QED) is 0.709. The summed E-state index contributed by atoms with van der Waals surface area (Å²) in [6.07, 6.45) is 1.99. The maximum atomic E-state index is 12.5. The summed E-state index contributed by atoms with van der Waals surface area (Å²) in [5, 5.41) is 2.91. The third-order valence-corrected chi connectivity index (χ3v) is 5.04. The Labute approximate surface area is 163 Å². The first kappa shape index (κ1) is 21.4. The number of hydrogen-bond acceptors (Lipinski definition) is 4. The number of carbonyl (C=O) groups is 2. The minimum Gasteiger partial charge on any atom is -0.355 e. The Morgan fingerprint density at radius 1 is 0.963 bits per heavy atom. The first-order chi connectivity index (χ1) is 13.0. The first-order valence-corrected chi connectivity index (χ1v) is 10.0. The van der Waals surface area contributed by atoms with E-state index in [1.54, 1.807) is 4.90 Å². The molecule has 2 rings (SSSR count). The van der Waals surface area contributed by atoms with Gasteiger partial charge in [0.1, 0.15) is 0 Å². The van der Waals surface area contributed by atoms with Crippen LogP contribution in [-0.4, -0.2) is 79.4 Å². The summed E-state index contributed by atoms with van der Waals surface area (Å²) in [7, 11) is 1.87. The molecule has 1 aliphatic heterocycles. The van der Waals surface area contributed by atoms with Crippen molar-refractivity contribution in [2.24, 2.45) is 0 Å². The fraction of sp³-hybridized carbons (Fsp3) is 0.619. The van der Waals surface area contributed by atoms with E-state index in [2.05, 4.69) is 46.3 Å². The Bertz CT molecular complexity index is 595. The SMILES string of the molecule is CCCNC(=O)CN1CCN(CC(=O)N(C)Cc2ccc(CC)cc2)CC1. The molecule has 0 unspecified atom stereocenters. The van der Waals surface area contributed by atoms with E-state index in [9.17, 15) is 9.59 Å². The Kier molecular flexibility index (Phi) is 8.75. The predicted molar refractivity (Wildman–Crippen MR) is 108 cm³/mol. The van der Waals surface area contributed by atoms with Crippen LogP contribution in [0.15, 0.2) is 24.3 Å². The zero-order valence-corrected chi connectivity index (χ0v) is 17.0. The number of aryl methyl sites for hydroxylation is 1. The van der Waals surface area contributed by atoms with Gasteiger partial charge in [-0.2, -0.15) is 0 Å². The van der Waals surface area contributed by atoms with Gasteiger partial charge in [0.2, 0.25) is 11.8 Å². The lowest BCUT2D eigenvalue weighted by atomic mass is 10.1. The van der Waals surface area contributed by atoms with Crippen LogP contribution in [0.1, 0.15) is 31.4 Å². The number of benzene rings is 1. The van der Waals surface area contributed by atoms with E-state index in [1.165, 1.54) is 5.56 Å². The first-order valence-electron chi connectivity index (χ1n) is 10.0. The van der Waals surface area contributed by atoms with Gasteiger partial charge >= 0.3 is 0 Å². The summed E-state index contributed by atoms with van der Waals surface area (Å²) in [4.78, 5) is 30.5. The number of hydrogen-bond donors (Lipinski definition) is 1. The standard InChI is InChI=1S/C21H34N4O2/c1-4-10-22-20(26)16-24-11-13-25(14-12-24)17-21(27)23(3)15-19-8-6-18(5-2)7-9-19/h6-9H,4-5,10-17H2,1-3H3,(H,22,26). The molecule has 6 nitrogen and oxygen atoms in total. The van der Waals surface area contributed by atoms with Crippen molar-refractivity contribution in [3.63, 3.8) is 0 Å². The van der Waals surface area contributed by atoms with Crippen LogP contribution in [0.5, 0.6) is 0 Å². The molecule has 2 amide bonds. The zero-order valence-electron chi connectivity index (χ0n) is 17.0. The van der Waals surface area contributed by atoms with Crippen LogP contribution in [0, 0.1) is 0 Å². The molecular weight excluding hydrogens is 340 g/mol. The van der Waals surface area contributed by atoms with Gasteiger partial charge in [-0.15, -0.1) is 0 Å². The van der Waals surface area contributed by atoms with Gasteiger partial charge in [-0.05, 0) is 24.0 Å². The minimum atomic E-state index is 0.0928. The average molecular weight is 375 g/mol. The molecule has 1 aliphatic rings. The summed E-state index contributed by atoms with van der Waals surface area (Å²) < 4.78 is 0. The monoisotopic (exact) mass is 374 g/mol. The fourth-order valence-electron chi connectivity index (χ4n) is 3.18. The Morgan fingerprint density at radius 3 is 2.07 bits per heavy atom. The predicted octanol–water partition coefficient (Wildman–Crippen LogP) is 1.35. The summed E-state index contributed by atoms with van der Waals surface area (Å²) >= 11 is 0. The molecular formula is C21H34N4O2. The molecule has 6 heteroatoms. The van der Waals surface area contributed by atoms with E-state index in [0.29, 0.717) is 19.6 Å². The van der Waals surface area contributed by atoms with Gasteiger partial charge < -0.3 is 10.2 Å². The number of nitrogens with one attached hydrogen (secondary N) is 1. The van der Waals surface area contributed by atoms with Gasteiger partial charge in [-0.25, -0.2) is 0 Å². The van der Waals surface area contributed by atoms with Gasteiger partial charge in [0.15, 0.2) is 0 Å². The summed E-state index contributed by atoms with van der Waals surface area (Å²) in [6, 6.07) is 8.46. The number of amides is 2. The van der Waals surface area contributed by atoms with Crippen LogP contribution in [0.2, 0.25) is 0 Å². The van der Waals surface area contributed by atoms with Crippen LogP contribution in [-0.2, 0) is 22.6 Å². The fourth-order valence-corrected chi connectivity index (χ4v) is 3.18. The van der Waals surface area contributed by atoms with E-state index >= 15 is 0 Å². The van der Waals surface area contributed by atoms with Crippen molar-refractivity contribution in [1.82, 2.24) is 20.0 Å². The molecule has 0 aliphatic carbocycles. The van der Waals surface area contributed by atoms with Crippen LogP contribution >= 0.6 is 0 Å². The van der Waals surface area contributed by atoms with Crippen molar-refractivity contribution in [1.29, 1.82) is 0 Å². The van der Waals surface area contributed by atoms with Crippen LogP contribution in [0.25, 0.3) is 0 Å². The second kappa shape index (κ2) is 11.0. The second-order valence-electron chi connectivity index (χ2n) is 7.32. The molecule has 1 aromatic rings. The topological polar surface area (TPSA) is 55.9 Å². The van der Waals surface area contributed by atoms with Gasteiger partial charge in [0, 0.05) is 46.3 Å². The molecule has 0 saturated carbocycles. The van der Waals surface area contributed by atoms with Crippen molar-refractivity contribution < 1.29 is 9.59 Å². The zero-order chi connectivity index (χ0) is 19.6. The molecule has 0 aromatic heterocycles. The largest absolute Gasteiger partial charge is 0.355 e. The molecule has 0 atom stereocenters. The third kappa shape index (κ3) is 7.31. The van der Waals surface area contributed by atoms with Crippen molar-refractivity contribution in [2.45, 2.75) is 33.2 Å². The van der Waals surface area contributed by atoms with E-state index in [1.807, 2.05) is 14.0 Å². The van der Waals surface area contributed by atoms with Crippen LogP contribution in [0.4, 0.5) is 0 Å². The van der Waals surface area contributed by atoms with Crippen molar-refractivity contribution in [3.05, 3.63) is 35.4 Å². The molecule has 1 heterocycles. The molecule has 1 fully saturated rings. The Morgan fingerprint density at radius 2 is 1.52 bits per heavy atom. The highest BCUT2D eigenvalue weighted by Gasteiger charge is 2.21. The van der Waals surface area contributed by atoms with E-state index in [0.717, 1.165) is 51.1 Å². The van der Waals surface area contributed by atoms with E-state index in [-0.39, 0.29) is 11.8 Å². The normalized spacial score (nSPS) is 15.5. The van der Waals surface area contributed by atoms with Crippen molar-refractivity contribution >= 4 is 11.8 Å². The maximum Gasteiger partial charge on any atom is 0.236 e. The second-order valence-corrected chi connectivity index (χ2v) is 7.32. The van der Waals surface area contributed by atoms with Gasteiger partial charge in [-0.3, -0.25) is 19.4 Å². The molecule has 1 saturated heterocycles. The van der Waals surface area contributed by atoms with Crippen LogP contribution in [0.3, 0.4) is 0 Å². The molecule has 0 spiro atoms. The van der Waals surface area contributed by atoms with Crippen LogP contribution < -0.4 is 5.32 Å². The number of rotatable bonds is 9. The highest BCUT2D eigenvalue weighted by atomic mass is 16.2. The number of piperazine rings is 1. The number of nitrogens with zero attached hydrogens (tertiary/aromatic N) is 3.